The van der Waals surface area contributed by atoms with Crippen LogP contribution < -0.4 is 25.0 Å². The van der Waals surface area contributed by atoms with E-state index in [1.807, 2.05) is 36.4 Å². The summed E-state index contributed by atoms with van der Waals surface area (Å²) in [5, 5.41) is 14.4. The summed E-state index contributed by atoms with van der Waals surface area (Å²) in [6.07, 6.45) is 2.39. The first kappa shape index (κ1) is 20.5. The van der Waals surface area contributed by atoms with E-state index in [1.54, 1.807) is 18.2 Å². The number of para-hydroxylation sites is 1. The first-order valence-corrected chi connectivity index (χ1v) is 10.2. The largest absolute Gasteiger partial charge is 0.494 e. The molecule has 0 atom stereocenters. The van der Waals surface area contributed by atoms with E-state index in [-0.39, 0.29) is 0 Å². The van der Waals surface area contributed by atoms with Crippen LogP contribution in [0.5, 0.6) is 11.5 Å². The molecule has 8 heteroatoms. The molecule has 0 bridgehead atoms. The third kappa shape index (κ3) is 4.69. The number of urea groups is 1. The number of hydrogen-bond donors (Lipinski definition) is 2. The van der Waals surface area contributed by atoms with E-state index in [1.165, 1.54) is 27.1 Å². The van der Waals surface area contributed by atoms with Crippen LogP contribution >= 0.6 is 0 Å². The standard InChI is InChI=1S/C23H25N5O3/c1-30-19-9-6-10-20(31-2)22(19)25-23(29)24-17-8-5-7-16(15-17)18-11-12-21(27-26-18)28-13-3-4-14-28/h5-12,15H,3-4,13-14H2,1-2H3,(H2,24,25,29). The summed E-state index contributed by atoms with van der Waals surface area (Å²) in [6, 6.07) is 16.3. The molecular formula is C23H25N5O3. The summed E-state index contributed by atoms with van der Waals surface area (Å²) in [5.41, 5.74) is 2.71. The van der Waals surface area contributed by atoms with Crippen molar-refractivity contribution in [2.75, 3.05) is 42.8 Å². The van der Waals surface area contributed by atoms with Gasteiger partial charge >= 0.3 is 6.03 Å². The van der Waals surface area contributed by atoms with Gasteiger partial charge in [-0.05, 0) is 49.2 Å². The molecule has 1 saturated heterocycles. The van der Waals surface area contributed by atoms with Crippen molar-refractivity contribution >= 4 is 23.2 Å². The zero-order valence-electron chi connectivity index (χ0n) is 17.6. The second-order valence-electron chi connectivity index (χ2n) is 7.17. The van der Waals surface area contributed by atoms with Gasteiger partial charge in [0.1, 0.15) is 17.2 Å². The lowest BCUT2D eigenvalue weighted by atomic mass is 10.1. The fraction of sp³-hybridized carbons (Fsp3) is 0.261. The Bertz CT molecular complexity index is 1030. The third-order valence-corrected chi connectivity index (χ3v) is 5.16. The van der Waals surface area contributed by atoms with Crippen molar-refractivity contribution in [3.8, 4) is 22.8 Å². The number of anilines is 3. The van der Waals surface area contributed by atoms with Crippen LogP contribution in [0.4, 0.5) is 22.0 Å². The number of methoxy groups -OCH3 is 2. The molecule has 2 N–H and O–H groups in total. The average Bonchev–Trinajstić information content (AvgIpc) is 3.34. The minimum absolute atomic E-state index is 0.407. The van der Waals surface area contributed by atoms with Gasteiger partial charge in [0.25, 0.3) is 0 Å². The number of carbonyl (C=O) groups is 1. The van der Waals surface area contributed by atoms with Crippen molar-refractivity contribution in [1.29, 1.82) is 0 Å². The first-order chi connectivity index (χ1) is 15.2. The van der Waals surface area contributed by atoms with Crippen LogP contribution in [0, 0.1) is 0 Å². The Morgan fingerprint density at radius 2 is 1.61 bits per heavy atom. The maximum atomic E-state index is 12.6. The van der Waals surface area contributed by atoms with E-state index in [2.05, 4.69) is 25.7 Å². The highest BCUT2D eigenvalue weighted by molar-refractivity contribution is 6.02. The molecule has 0 aliphatic carbocycles. The molecule has 0 spiro atoms. The van der Waals surface area contributed by atoms with Gasteiger partial charge in [-0.25, -0.2) is 4.79 Å². The third-order valence-electron chi connectivity index (χ3n) is 5.16. The molecule has 2 aromatic carbocycles. The smallest absolute Gasteiger partial charge is 0.323 e. The quantitative estimate of drug-likeness (QED) is 0.615. The summed E-state index contributed by atoms with van der Waals surface area (Å²) in [7, 11) is 3.08. The van der Waals surface area contributed by atoms with E-state index in [9.17, 15) is 4.79 Å². The van der Waals surface area contributed by atoms with Crippen molar-refractivity contribution in [3.63, 3.8) is 0 Å². The van der Waals surface area contributed by atoms with E-state index < -0.39 is 6.03 Å². The first-order valence-electron chi connectivity index (χ1n) is 10.2. The maximum Gasteiger partial charge on any atom is 0.323 e. The number of rotatable bonds is 6. The molecule has 0 saturated carbocycles. The Hall–Kier alpha value is -3.81. The van der Waals surface area contributed by atoms with Gasteiger partial charge in [-0.2, -0.15) is 0 Å². The fourth-order valence-electron chi connectivity index (χ4n) is 3.60. The topological polar surface area (TPSA) is 88.6 Å². The number of hydrogen-bond acceptors (Lipinski definition) is 6. The highest BCUT2D eigenvalue weighted by atomic mass is 16.5. The number of carbonyl (C=O) groups excluding carboxylic acids is 1. The van der Waals surface area contributed by atoms with Gasteiger partial charge in [-0.1, -0.05) is 18.2 Å². The molecule has 2 amide bonds. The summed E-state index contributed by atoms with van der Waals surface area (Å²) in [6.45, 7) is 2.05. The predicted octanol–water partition coefficient (Wildman–Crippen LogP) is 4.41. The summed E-state index contributed by atoms with van der Waals surface area (Å²) in [5.74, 6) is 1.92. The van der Waals surface area contributed by atoms with Crippen molar-refractivity contribution < 1.29 is 14.3 Å². The molecule has 160 valence electrons. The zero-order chi connectivity index (χ0) is 21.6. The van der Waals surface area contributed by atoms with Crippen LogP contribution in [0.2, 0.25) is 0 Å². The van der Waals surface area contributed by atoms with E-state index in [0.29, 0.717) is 22.9 Å². The molecule has 4 rings (SSSR count). The lowest BCUT2D eigenvalue weighted by Crippen LogP contribution is -2.20. The van der Waals surface area contributed by atoms with Gasteiger partial charge in [-0.15, -0.1) is 10.2 Å². The Kier molecular flexibility index (Phi) is 6.16. The molecule has 1 fully saturated rings. The van der Waals surface area contributed by atoms with Gasteiger partial charge in [-0.3, -0.25) is 0 Å². The molecule has 0 radical (unpaired) electrons. The van der Waals surface area contributed by atoms with Crippen LogP contribution in [0.1, 0.15) is 12.8 Å². The molecule has 1 aliphatic heterocycles. The second kappa shape index (κ2) is 9.34. The van der Waals surface area contributed by atoms with Crippen molar-refractivity contribution in [1.82, 2.24) is 10.2 Å². The number of nitrogens with one attached hydrogen (secondary N) is 2. The average molecular weight is 419 g/mol. The normalized spacial score (nSPS) is 13.0. The lowest BCUT2D eigenvalue weighted by molar-refractivity contribution is 0.262. The lowest BCUT2D eigenvalue weighted by Gasteiger charge is -2.15. The van der Waals surface area contributed by atoms with Crippen molar-refractivity contribution in [2.45, 2.75) is 12.8 Å². The fourth-order valence-corrected chi connectivity index (χ4v) is 3.60. The van der Waals surface area contributed by atoms with E-state index in [0.717, 1.165) is 30.2 Å². The minimum atomic E-state index is -0.407. The molecule has 31 heavy (non-hydrogen) atoms. The molecule has 2 heterocycles. The van der Waals surface area contributed by atoms with Gasteiger partial charge < -0.3 is 25.0 Å². The number of benzene rings is 2. The maximum absolute atomic E-state index is 12.6. The highest BCUT2D eigenvalue weighted by Gasteiger charge is 2.15. The van der Waals surface area contributed by atoms with E-state index >= 15 is 0 Å². The van der Waals surface area contributed by atoms with Crippen LogP contribution in [0.15, 0.2) is 54.6 Å². The SMILES string of the molecule is COc1cccc(OC)c1NC(=O)Nc1cccc(-c2ccc(N3CCCC3)nn2)c1. The molecule has 8 nitrogen and oxygen atoms in total. The summed E-state index contributed by atoms with van der Waals surface area (Å²) < 4.78 is 10.6. The van der Waals surface area contributed by atoms with Gasteiger partial charge in [0.2, 0.25) is 0 Å². The van der Waals surface area contributed by atoms with Crippen LogP contribution in [-0.2, 0) is 0 Å². The van der Waals surface area contributed by atoms with Crippen molar-refractivity contribution in [3.05, 3.63) is 54.6 Å². The highest BCUT2D eigenvalue weighted by Crippen LogP contribution is 2.34. The molecule has 1 aliphatic rings. The Labute approximate surface area is 181 Å². The molecule has 0 unspecified atom stereocenters. The van der Waals surface area contributed by atoms with E-state index in [4.69, 9.17) is 9.47 Å². The van der Waals surface area contributed by atoms with Gasteiger partial charge in [0, 0.05) is 24.3 Å². The van der Waals surface area contributed by atoms with Crippen LogP contribution in [0.3, 0.4) is 0 Å². The number of ether oxygens (including phenoxy) is 2. The predicted molar refractivity (Wildman–Crippen MR) is 121 cm³/mol. The second-order valence-corrected chi connectivity index (χ2v) is 7.17. The molecular weight excluding hydrogens is 394 g/mol. The molecule has 1 aromatic heterocycles. The molecule has 3 aromatic rings. The number of aromatic nitrogens is 2. The van der Waals surface area contributed by atoms with Gasteiger partial charge in [0.15, 0.2) is 5.82 Å². The number of amides is 2. The minimum Gasteiger partial charge on any atom is -0.494 e. The Balaban J connectivity index is 1.47. The van der Waals surface area contributed by atoms with Crippen molar-refractivity contribution in [2.24, 2.45) is 0 Å². The van der Waals surface area contributed by atoms with Crippen LogP contribution in [-0.4, -0.2) is 43.5 Å². The van der Waals surface area contributed by atoms with Crippen LogP contribution in [0.25, 0.3) is 11.3 Å². The monoisotopic (exact) mass is 419 g/mol. The number of nitrogens with zero attached hydrogens (tertiary/aromatic N) is 3. The Morgan fingerprint density at radius 3 is 2.26 bits per heavy atom. The Morgan fingerprint density at radius 1 is 0.903 bits per heavy atom. The summed E-state index contributed by atoms with van der Waals surface area (Å²) in [4.78, 5) is 14.8. The van der Waals surface area contributed by atoms with Gasteiger partial charge in [0.05, 0.1) is 19.9 Å². The zero-order valence-corrected chi connectivity index (χ0v) is 17.6. The summed E-state index contributed by atoms with van der Waals surface area (Å²) >= 11 is 0.